The van der Waals surface area contributed by atoms with Crippen molar-refractivity contribution in [3.05, 3.63) is 59.4 Å². The molecule has 4 rings (SSSR count). The molecule has 0 radical (unpaired) electrons. The number of pyridine rings is 1. The largest absolute Gasteiger partial charge is 0.362 e. The first kappa shape index (κ1) is 20.5. The molecule has 1 aromatic heterocycles. The van der Waals surface area contributed by atoms with Gasteiger partial charge in [-0.25, -0.2) is 0 Å². The topological polar surface area (TPSA) is 71.5 Å². The third kappa shape index (κ3) is 4.10. The molecule has 2 aliphatic heterocycles. The van der Waals surface area contributed by atoms with Crippen LogP contribution in [0, 0.1) is 19.8 Å². The normalized spacial score (nSPS) is 26.0. The first-order valence-electron chi connectivity index (χ1n) is 10.6. The lowest BCUT2D eigenvalue weighted by Gasteiger charge is -2.44. The molecule has 0 saturated carbocycles. The van der Waals surface area contributed by atoms with Crippen molar-refractivity contribution in [2.45, 2.75) is 51.7 Å². The molecular formula is C24H29N3O3. The second-order valence-electron chi connectivity index (χ2n) is 8.72. The molecule has 0 aliphatic carbocycles. The van der Waals surface area contributed by atoms with Gasteiger partial charge in [0, 0.05) is 30.8 Å². The highest BCUT2D eigenvalue weighted by Gasteiger charge is 2.49. The lowest BCUT2D eigenvalue weighted by molar-refractivity contribution is -0.141. The average Bonchev–Trinajstić information content (AvgIpc) is 3.15. The third-order valence-corrected chi connectivity index (χ3v) is 6.38. The highest BCUT2D eigenvalue weighted by molar-refractivity contribution is 5.95. The van der Waals surface area contributed by atoms with Crippen LogP contribution in [0.5, 0.6) is 0 Å². The van der Waals surface area contributed by atoms with E-state index >= 15 is 0 Å². The fourth-order valence-electron chi connectivity index (χ4n) is 4.79. The number of nitrogens with zero attached hydrogens (tertiary/aromatic N) is 2. The zero-order valence-electron chi connectivity index (χ0n) is 17.9. The predicted octanol–water partition coefficient (Wildman–Crippen LogP) is 3.74. The van der Waals surface area contributed by atoms with Gasteiger partial charge >= 0.3 is 0 Å². The minimum atomic E-state index is -0.464. The van der Waals surface area contributed by atoms with E-state index in [9.17, 15) is 9.59 Å². The second-order valence-corrected chi connectivity index (χ2v) is 8.72. The highest BCUT2D eigenvalue weighted by Crippen LogP contribution is 2.42. The van der Waals surface area contributed by atoms with Crippen molar-refractivity contribution in [3.8, 4) is 0 Å². The smallest absolute Gasteiger partial charge is 0.253 e. The van der Waals surface area contributed by atoms with E-state index in [1.807, 2.05) is 36.9 Å². The van der Waals surface area contributed by atoms with Gasteiger partial charge < -0.3 is 15.0 Å². The van der Waals surface area contributed by atoms with Crippen molar-refractivity contribution in [2.75, 3.05) is 18.4 Å². The first-order valence-corrected chi connectivity index (χ1v) is 10.6. The number of rotatable bonds is 3. The maximum Gasteiger partial charge on any atom is 0.253 e. The molecule has 158 valence electrons. The minimum absolute atomic E-state index is 0.0763. The van der Waals surface area contributed by atoms with Gasteiger partial charge in [-0.05, 0) is 57.4 Å². The summed E-state index contributed by atoms with van der Waals surface area (Å²) in [6, 6.07) is 9.59. The zero-order chi connectivity index (χ0) is 21.3. The number of piperidine rings is 1. The summed E-state index contributed by atoms with van der Waals surface area (Å²) >= 11 is 0. The summed E-state index contributed by atoms with van der Waals surface area (Å²) in [4.78, 5) is 31.6. The van der Waals surface area contributed by atoms with E-state index in [0.717, 1.165) is 29.5 Å². The maximum absolute atomic E-state index is 13.0. The Hall–Kier alpha value is -2.73. The van der Waals surface area contributed by atoms with Gasteiger partial charge in [0.1, 0.15) is 6.10 Å². The van der Waals surface area contributed by atoms with Crippen LogP contribution < -0.4 is 5.32 Å². The minimum Gasteiger partial charge on any atom is -0.362 e. The van der Waals surface area contributed by atoms with E-state index in [0.29, 0.717) is 25.2 Å². The lowest BCUT2D eigenvalue weighted by atomic mass is 9.80. The number of carbonyl (C=O) groups excluding carboxylic acids is 2. The maximum atomic E-state index is 13.0. The molecule has 1 N–H and O–H groups in total. The third-order valence-electron chi connectivity index (χ3n) is 6.38. The van der Waals surface area contributed by atoms with Crippen molar-refractivity contribution >= 4 is 17.5 Å². The standard InChI is InChI=1S/C24H29N3O3/c1-16-11-17(2)13-19(12-16)23(29)27-10-8-24(18(3)15-27)7-6-21(30-24)22(28)26-20-5-4-9-25-14-20/h4-5,9,11-14,18,21H,6-8,10,15H2,1-3H3,(H,26,28)/t18-,21+,24+/m0/s1. The molecule has 2 aromatic rings. The Morgan fingerprint density at radius 1 is 1.20 bits per heavy atom. The summed E-state index contributed by atoms with van der Waals surface area (Å²) < 4.78 is 6.34. The van der Waals surface area contributed by atoms with E-state index in [4.69, 9.17) is 4.74 Å². The molecule has 2 saturated heterocycles. The number of aryl methyl sites for hydroxylation is 2. The number of nitrogens with one attached hydrogen (secondary N) is 1. The summed E-state index contributed by atoms with van der Waals surface area (Å²) in [5, 5.41) is 2.89. The molecular weight excluding hydrogens is 378 g/mol. The summed E-state index contributed by atoms with van der Waals surface area (Å²) in [6.45, 7) is 7.44. The van der Waals surface area contributed by atoms with Crippen molar-refractivity contribution in [1.82, 2.24) is 9.88 Å². The number of aromatic nitrogens is 1. The SMILES string of the molecule is Cc1cc(C)cc(C(=O)N2CC[C@]3(CC[C@H](C(=O)Nc4cccnc4)O3)[C@@H](C)C2)c1. The molecule has 6 heteroatoms. The molecule has 2 fully saturated rings. The number of benzene rings is 1. The van der Waals surface area contributed by atoms with Gasteiger partial charge in [-0.15, -0.1) is 0 Å². The summed E-state index contributed by atoms with van der Waals surface area (Å²) in [6.07, 6.45) is 5.12. The van der Waals surface area contributed by atoms with Crippen LogP contribution in [0.1, 0.15) is 47.7 Å². The van der Waals surface area contributed by atoms with Gasteiger partial charge in [-0.3, -0.25) is 14.6 Å². The van der Waals surface area contributed by atoms with Crippen molar-refractivity contribution < 1.29 is 14.3 Å². The molecule has 30 heavy (non-hydrogen) atoms. The monoisotopic (exact) mass is 407 g/mol. The van der Waals surface area contributed by atoms with Crippen LogP contribution >= 0.6 is 0 Å². The van der Waals surface area contributed by atoms with Crippen LogP contribution in [0.2, 0.25) is 0 Å². The number of ether oxygens (including phenoxy) is 1. The Morgan fingerprint density at radius 3 is 2.63 bits per heavy atom. The molecule has 2 amide bonds. The Labute approximate surface area is 177 Å². The molecule has 1 spiro atoms. The predicted molar refractivity (Wildman–Crippen MR) is 115 cm³/mol. The molecule has 0 bridgehead atoms. The van der Waals surface area contributed by atoms with Crippen molar-refractivity contribution in [2.24, 2.45) is 5.92 Å². The fraction of sp³-hybridized carbons (Fsp3) is 0.458. The second kappa shape index (κ2) is 8.19. The number of carbonyl (C=O) groups is 2. The van der Waals surface area contributed by atoms with E-state index in [-0.39, 0.29) is 23.3 Å². The van der Waals surface area contributed by atoms with Crippen LogP contribution in [0.4, 0.5) is 5.69 Å². The van der Waals surface area contributed by atoms with E-state index in [1.54, 1.807) is 18.5 Å². The van der Waals surface area contributed by atoms with Gasteiger partial charge in [0.25, 0.3) is 11.8 Å². The van der Waals surface area contributed by atoms with Crippen molar-refractivity contribution in [1.29, 1.82) is 0 Å². The van der Waals surface area contributed by atoms with Gasteiger partial charge in [-0.1, -0.05) is 24.1 Å². The highest BCUT2D eigenvalue weighted by atomic mass is 16.5. The Bertz CT molecular complexity index is 926. The molecule has 3 atom stereocenters. The van der Waals surface area contributed by atoms with Gasteiger partial charge in [0.15, 0.2) is 0 Å². The summed E-state index contributed by atoms with van der Waals surface area (Å²) in [5.41, 5.74) is 3.28. The first-order chi connectivity index (χ1) is 14.4. The van der Waals surface area contributed by atoms with E-state index in [1.165, 1.54) is 0 Å². The lowest BCUT2D eigenvalue weighted by Crippen LogP contribution is -2.52. The van der Waals surface area contributed by atoms with Gasteiger partial charge in [0.2, 0.25) is 0 Å². The van der Waals surface area contributed by atoms with Crippen LogP contribution in [0.25, 0.3) is 0 Å². The quantitative estimate of drug-likeness (QED) is 0.841. The number of hydrogen-bond donors (Lipinski definition) is 1. The molecule has 0 unspecified atom stereocenters. The Balaban J connectivity index is 1.39. The van der Waals surface area contributed by atoms with Gasteiger partial charge in [0.05, 0.1) is 17.5 Å². The van der Waals surface area contributed by atoms with E-state index in [2.05, 4.69) is 23.3 Å². The summed E-state index contributed by atoms with van der Waals surface area (Å²) in [7, 11) is 0. The van der Waals surface area contributed by atoms with Crippen LogP contribution in [-0.2, 0) is 9.53 Å². The summed E-state index contributed by atoms with van der Waals surface area (Å²) in [5.74, 6) is 0.116. The molecule has 2 aliphatic rings. The average molecular weight is 408 g/mol. The number of amides is 2. The Morgan fingerprint density at radius 2 is 1.97 bits per heavy atom. The van der Waals surface area contributed by atoms with Crippen LogP contribution in [0.3, 0.4) is 0 Å². The molecule has 3 heterocycles. The molecule has 1 aromatic carbocycles. The van der Waals surface area contributed by atoms with Crippen molar-refractivity contribution in [3.63, 3.8) is 0 Å². The molecule has 6 nitrogen and oxygen atoms in total. The number of likely N-dealkylation sites (tertiary alicyclic amines) is 1. The van der Waals surface area contributed by atoms with E-state index < -0.39 is 6.10 Å². The number of hydrogen-bond acceptors (Lipinski definition) is 4. The van der Waals surface area contributed by atoms with Gasteiger partial charge in [-0.2, -0.15) is 0 Å². The number of anilines is 1. The van der Waals surface area contributed by atoms with Crippen LogP contribution in [-0.4, -0.2) is 46.5 Å². The fourth-order valence-corrected chi connectivity index (χ4v) is 4.79. The van der Waals surface area contributed by atoms with Crippen LogP contribution in [0.15, 0.2) is 42.7 Å². The zero-order valence-corrected chi connectivity index (χ0v) is 17.9. The Kier molecular flexibility index (Phi) is 5.60.